The van der Waals surface area contributed by atoms with Gasteiger partial charge in [-0.2, -0.15) is 13.2 Å². The van der Waals surface area contributed by atoms with Crippen molar-refractivity contribution < 1.29 is 17.9 Å². The van der Waals surface area contributed by atoms with Crippen LogP contribution in [0.2, 0.25) is 0 Å². The third-order valence-corrected chi connectivity index (χ3v) is 1.48. The van der Waals surface area contributed by atoms with Crippen LogP contribution >= 0.6 is 0 Å². The highest BCUT2D eigenvalue weighted by Crippen LogP contribution is 2.28. The van der Waals surface area contributed by atoms with Crippen LogP contribution in [-0.4, -0.2) is 11.6 Å². The Morgan fingerprint density at radius 3 is 2.41 bits per heavy atom. The van der Waals surface area contributed by atoms with E-state index in [0.717, 1.165) is 6.07 Å². The maximum absolute atomic E-state index is 12.2. The maximum atomic E-state index is 12.2. The smallest absolute Gasteiger partial charge is 0.433 e. The quantitative estimate of drug-likeness (QED) is 0.751. The molecule has 5 heteroatoms. The second-order valence-corrected chi connectivity index (χ2v) is 3.10. The van der Waals surface area contributed by atoms with Crippen LogP contribution in [0.25, 0.3) is 0 Å². The fourth-order valence-electron chi connectivity index (χ4n) is 0.850. The van der Waals surface area contributed by atoms with Gasteiger partial charge in [0, 0.05) is 6.07 Å². The molecule has 0 unspecified atom stereocenters. The van der Waals surface area contributed by atoms with Gasteiger partial charge >= 0.3 is 6.18 Å². The van der Waals surface area contributed by atoms with Gasteiger partial charge in [-0.25, -0.2) is 4.98 Å². The summed E-state index contributed by atoms with van der Waals surface area (Å²) in [4.78, 5) is 3.33. The monoisotopic (exact) mass is 247 g/mol. The maximum Gasteiger partial charge on any atom is 0.433 e. The number of halogens is 3. The molecule has 1 heterocycles. The minimum Gasteiger partial charge on any atom is -0.473 e. The third kappa shape index (κ3) is 5.94. The molecule has 17 heavy (non-hydrogen) atoms. The Bertz CT molecular complexity index is 361. The van der Waals surface area contributed by atoms with Gasteiger partial charge in [-0.05, 0) is 18.6 Å². The predicted molar refractivity (Wildman–Crippen MR) is 60.9 cm³/mol. The van der Waals surface area contributed by atoms with E-state index in [1.165, 1.54) is 12.1 Å². The van der Waals surface area contributed by atoms with E-state index in [1.54, 1.807) is 6.92 Å². The van der Waals surface area contributed by atoms with Crippen LogP contribution < -0.4 is 4.74 Å². The molecule has 0 saturated heterocycles. The SMILES string of the molecule is C=C(C)COc1cccc(C(F)(F)F)n1.CC. The molecule has 1 aromatic rings. The number of alkyl halides is 3. The molecule has 0 aromatic carbocycles. The molecule has 0 N–H and O–H groups in total. The Kier molecular flexibility index (Phi) is 6.31. The fourth-order valence-corrected chi connectivity index (χ4v) is 0.850. The largest absolute Gasteiger partial charge is 0.473 e. The number of nitrogens with zero attached hydrogens (tertiary/aromatic N) is 1. The van der Waals surface area contributed by atoms with E-state index >= 15 is 0 Å². The van der Waals surface area contributed by atoms with Crippen LogP contribution in [0, 0.1) is 0 Å². The standard InChI is InChI=1S/C10H10F3NO.C2H6/c1-7(2)6-15-9-5-3-4-8(14-9)10(11,12)13;1-2/h3-5H,1,6H2,2H3;1-2H3. The highest BCUT2D eigenvalue weighted by atomic mass is 19.4. The molecule has 0 bridgehead atoms. The predicted octanol–water partition coefficient (Wildman–Crippen LogP) is 4.08. The number of pyridine rings is 1. The van der Waals surface area contributed by atoms with Crippen molar-refractivity contribution >= 4 is 0 Å². The van der Waals surface area contributed by atoms with Crippen molar-refractivity contribution in [3.8, 4) is 5.88 Å². The summed E-state index contributed by atoms with van der Waals surface area (Å²) in [6.45, 7) is 9.44. The first-order valence-electron chi connectivity index (χ1n) is 5.21. The zero-order chi connectivity index (χ0) is 13.5. The van der Waals surface area contributed by atoms with Crippen LogP contribution in [0.5, 0.6) is 5.88 Å². The van der Waals surface area contributed by atoms with Gasteiger partial charge in [0.15, 0.2) is 0 Å². The number of rotatable bonds is 3. The molecule has 0 spiro atoms. The van der Waals surface area contributed by atoms with Crippen LogP contribution in [0.3, 0.4) is 0 Å². The average molecular weight is 247 g/mol. The lowest BCUT2D eigenvalue weighted by atomic mass is 10.3. The molecule has 96 valence electrons. The summed E-state index contributed by atoms with van der Waals surface area (Å²) in [7, 11) is 0. The Morgan fingerprint density at radius 1 is 1.35 bits per heavy atom. The molecule has 0 aliphatic carbocycles. The molecule has 2 nitrogen and oxygen atoms in total. The van der Waals surface area contributed by atoms with E-state index in [4.69, 9.17) is 4.74 Å². The van der Waals surface area contributed by atoms with E-state index in [0.29, 0.717) is 5.57 Å². The van der Waals surface area contributed by atoms with Gasteiger partial charge in [-0.15, -0.1) is 0 Å². The summed E-state index contributed by atoms with van der Waals surface area (Å²) in [6, 6.07) is 3.52. The van der Waals surface area contributed by atoms with Gasteiger partial charge in [-0.1, -0.05) is 26.5 Å². The highest BCUT2D eigenvalue weighted by Gasteiger charge is 2.32. The van der Waals surface area contributed by atoms with E-state index in [1.807, 2.05) is 13.8 Å². The molecule has 0 fully saturated rings. The molecule has 0 radical (unpaired) electrons. The normalized spacial score (nSPS) is 10.2. The first-order chi connectivity index (χ1) is 7.89. The molecule has 0 aliphatic heterocycles. The second kappa shape index (κ2) is 6.93. The van der Waals surface area contributed by atoms with Gasteiger partial charge in [0.25, 0.3) is 0 Å². The highest BCUT2D eigenvalue weighted by molar-refractivity contribution is 5.18. The van der Waals surface area contributed by atoms with Crippen molar-refractivity contribution in [2.24, 2.45) is 0 Å². The Balaban J connectivity index is 0.00000121. The van der Waals surface area contributed by atoms with Crippen LogP contribution in [-0.2, 0) is 6.18 Å². The number of hydrogen-bond donors (Lipinski definition) is 0. The fraction of sp³-hybridized carbons (Fsp3) is 0.417. The van der Waals surface area contributed by atoms with E-state index < -0.39 is 11.9 Å². The zero-order valence-corrected chi connectivity index (χ0v) is 10.1. The van der Waals surface area contributed by atoms with Crippen LogP contribution in [0.4, 0.5) is 13.2 Å². The van der Waals surface area contributed by atoms with Crippen LogP contribution in [0.1, 0.15) is 26.5 Å². The molecule has 0 saturated carbocycles. The van der Waals surface area contributed by atoms with Crippen molar-refractivity contribution in [2.45, 2.75) is 26.9 Å². The van der Waals surface area contributed by atoms with Gasteiger partial charge in [0.05, 0.1) is 0 Å². The molecule has 0 atom stereocenters. The molecular formula is C12H16F3NO. The summed E-state index contributed by atoms with van der Waals surface area (Å²) >= 11 is 0. The Hall–Kier alpha value is -1.52. The van der Waals surface area contributed by atoms with Gasteiger partial charge in [-0.3, -0.25) is 0 Å². The lowest BCUT2D eigenvalue weighted by molar-refractivity contribution is -0.141. The summed E-state index contributed by atoms with van der Waals surface area (Å²) in [6.07, 6.45) is -4.44. The number of hydrogen-bond acceptors (Lipinski definition) is 2. The van der Waals surface area contributed by atoms with Crippen LogP contribution in [0.15, 0.2) is 30.4 Å². The number of ether oxygens (including phenoxy) is 1. The lowest BCUT2D eigenvalue weighted by Crippen LogP contribution is -2.09. The molecule has 0 amide bonds. The van der Waals surface area contributed by atoms with E-state index in [-0.39, 0.29) is 12.5 Å². The van der Waals surface area contributed by atoms with Crippen molar-refractivity contribution in [3.05, 3.63) is 36.0 Å². The summed E-state index contributed by atoms with van der Waals surface area (Å²) in [5, 5.41) is 0. The van der Waals surface area contributed by atoms with Crippen molar-refractivity contribution in [3.63, 3.8) is 0 Å². The summed E-state index contributed by atoms with van der Waals surface area (Å²) in [5.41, 5.74) is -0.240. The topological polar surface area (TPSA) is 22.1 Å². The van der Waals surface area contributed by atoms with Crippen molar-refractivity contribution in [1.82, 2.24) is 4.98 Å². The van der Waals surface area contributed by atoms with Gasteiger partial charge in [0.2, 0.25) is 5.88 Å². The average Bonchev–Trinajstić information content (AvgIpc) is 2.28. The molecule has 1 rings (SSSR count). The third-order valence-electron chi connectivity index (χ3n) is 1.48. The van der Waals surface area contributed by atoms with Crippen molar-refractivity contribution in [2.75, 3.05) is 6.61 Å². The Labute approximate surface area is 99.1 Å². The van der Waals surface area contributed by atoms with Crippen molar-refractivity contribution in [1.29, 1.82) is 0 Å². The minimum atomic E-state index is -4.44. The minimum absolute atomic E-state index is 0.0483. The van der Waals surface area contributed by atoms with Gasteiger partial charge in [0.1, 0.15) is 12.3 Å². The van der Waals surface area contributed by atoms with E-state index in [2.05, 4.69) is 11.6 Å². The summed E-state index contributed by atoms with van der Waals surface area (Å²) < 4.78 is 41.7. The lowest BCUT2D eigenvalue weighted by Gasteiger charge is -2.08. The molecular weight excluding hydrogens is 231 g/mol. The summed E-state index contributed by atoms with van der Waals surface area (Å²) in [5.74, 6) is -0.0483. The molecule has 0 aliphatic rings. The molecule has 1 aromatic heterocycles. The second-order valence-electron chi connectivity index (χ2n) is 3.10. The number of aromatic nitrogens is 1. The first-order valence-corrected chi connectivity index (χ1v) is 5.21. The Morgan fingerprint density at radius 2 is 1.94 bits per heavy atom. The van der Waals surface area contributed by atoms with Gasteiger partial charge < -0.3 is 4.74 Å². The van der Waals surface area contributed by atoms with E-state index in [9.17, 15) is 13.2 Å². The zero-order valence-electron chi connectivity index (χ0n) is 10.1. The first kappa shape index (κ1) is 15.5.